The first-order chi connectivity index (χ1) is 66.4. The Kier molecular flexibility index (Phi) is 26.5. The van der Waals surface area contributed by atoms with E-state index in [-0.39, 0.29) is 22.2 Å². The third-order valence-electron chi connectivity index (χ3n) is 48.6. The second-order valence-corrected chi connectivity index (χ2v) is 57.8. The lowest BCUT2D eigenvalue weighted by Gasteiger charge is -2.62. The van der Waals surface area contributed by atoms with Gasteiger partial charge in [0.1, 0.15) is 0 Å². The molecule has 8 aromatic carbocycles. The van der Waals surface area contributed by atoms with Crippen LogP contribution in [-0.2, 0) is 0 Å². The van der Waals surface area contributed by atoms with Gasteiger partial charge in [0.2, 0.25) is 0 Å². The van der Waals surface area contributed by atoms with Crippen LogP contribution in [0.5, 0.6) is 0 Å². The van der Waals surface area contributed by atoms with Crippen LogP contribution in [0.3, 0.4) is 0 Å². The minimum Gasteiger partial charge on any atom is -0.299 e. The lowest BCUT2D eigenvalue weighted by Crippen LogP contribution is -2.56. The number of hydrogen-bond acceptors (Lipinski definition) is 4. The van der Waals surface area contributed by atoms with E-state index in [0.29, 0.717) is 43.3 Å². The molecule has 0 heterocycles. The highest BCUT2D eigenvalue weighted by molar-refractivity contribution is 5.89. The number of benzene rings is 8. The van der Waals surface area contributed by atoms with Crippen LogP contribution < -0.4 is 0 Å². The number of nitrogens with zero attached hydrogens (tertiary/aromatic N) is 4. The Morgan fingerprint density at radius 3 is 0.757 bits per heavy atom. The molecule has 140 heavy (non-hydrogen) atoms. The summed E-state index contributed by atoms with van der Waals surface area (Å²) in [7, 11) is 9.53. The molecule has 756 valence electrons. The molecule has 0 spiro atoms. The predicted octanol–water partition coefficient (Wildman–Crippen LogP) is 36.1. The normalized spacial score (nSPS) is 40.3. The maximum Gasteiger partial charge on any atom is 0.0124 e. The van der Waals surface area contributed by atoms with Crippen LogP contribution in [0.4, 0.5) is 0 Å². The molecule has 14 saturated carbocycles. The Bertz CT molecular complexity index is 5380. The van der Waals surface area contributed by atoms with Crippen molar-refractivity contribution in [2.45, 2.75) is 415 Å². The molecule has 30 atom stereocenters. The minimum absolute atomic E-state index is 0.275. The van der Waals surface area contributed by atoms with Crippen LogP contribution in [0, 0.1) is 138 Å². The number of rotatable bonds is 8. The quantitative estimate of drug-likeness (QED) is 0.150. The van der Waals surface area contributed by atoms with Crippen LogP contribution in [0.25, 0.3) is 54.2 Å². The summed E-state index contributed by atoms with van der Waals surface area (Å²) < 4.78 is 0. The Morgan fingerprint density at radius 2 is 0.471 bits per heavy atom. The van der Waals surface area contributed by atoms with Crippen molar-refractivity contribution in [3.8, 4) is 0 Å². The lowest BCUT2D eigenvalue weighted by atomic mass is 9.44. The smallest absolute Gasteiger partial charge is 0.0124 e. The highest BCUT2D eigenvalue weighted by atomic mass is 15.2. The average Bonchev–Trinajstić information content (AvgIpc) is 1.49. The van der Waals surface area contributed by atoms with Gasteiger partial charge in [0.15, 0.2) is 0 Å². The Balaban J connectivity index is 0.000000111. The van der Waals surface area contributed by atoms with E-state index in [0.717, 1.165) is 131 Å². The molecule has 0 bridgehead atoms. The van der Waals surface area contributed by atoms with Crippen LogP contribution in [-0.4, -0.2) is 94.1 Å². The van der Waals surface area contributed by atoms with E-state index in [2.05, 4.69) is 368 Å². The van der Waals surface area contributed by atoms with Crippen LogP contribution in [0.1, 0.15) is 391 Å². The van der Waals surface area contributed by atoms with Crippen LogP contribution in [0.2, 0.25) is 0 Å². The first kappa shape index (κ1) is 100. The summed E-state index contributed by atoms with van der Waals surface area (Å²) in [5.41, 5.74) is 14.6. The fourth-order valence-corrected chi connectivity index (χ4v) is 39.2. The van der Waals surface area contributed by atoms with Gasteiger partial charge < -0.3 is 0 Å². The molecule has 0 unspecified atom stereocenters. The average molecular weight is 1880 g/mol. The zero-order valence-corrected chi connectivity index (χ0v) is 92.9. The van der Waals surface area contributed by atoms with Crippen molar-refractivity contribution in [2.75, 3.05) is 28.2 Å². The fraction of sp³-hybridized carbons (Fsp3) is 0.676. The maximum atomic E-state index is 2.74. The molecule has 4 heteroatoms. The summed E-state index contributed by atoms with van der Waals surface area (Å²) in [4.78, 5) is 10.8. The van der Waals surface area contributed by atoms with Gasteiger partial charge in [0, 0.05) is 46.3 Å². The van der Waals surface area contributed by atoms with Gasteiger partial charge in [-0.1, -0.05) is 225 Å². The molecule has 8 aromatic rings. The van der Waals surface area contributed by atoms with E-state index in [9.17, 15) is 0 Å². The molecule has 24 rings (SSSR count). The minimum atomic E-state index is 0.275. The third-order valence-corrected chi connectivity index (χ3v) is 48.6. The van der Waals surface area contributed by atoms with Gasteiger partial charge in [-0.05, 0) is 568 Å². The Labute approximate surface area is 853 Å². The van der Waals surface area contributed by atoms with Gasteiger partial charge >= 0.3 is 0 Å². The van der Waals surface area contributed by atoms with Crippen molar-refractivity contribution < 1.29 is 0 Å². The second kappa shape index (κ2) is 37.1. The monoisotopic (exact) mass is 1880 g/mol. The van der Waals surface area contributed by atoms with Crippen molar-refractivity contribution in [3.05, 3.63) is 204 Å². The van der Waals surface area contributed by atoms with Crippen molar-refractivity contribution in [1.82, 2.24) is 19.6 Å². The second-order valence-electron chi connectivity index (χ2n) is 57.8. The molecular formula is C136H192N4. The molecule has 0 N–H and O–H groups in total. The SMILES string of the molecule is CN([C@@H]1CC[C@@]2(C)[C@@H](CC[C@@H]3[C@@H]2CC[C@]2(C)C(c4ccc5ccccc5c4)=CC[C@@H]32)C1)C(C)(C)C.CN([C@@H]1CC[C@@]2(C)[C@@H](CC[C@@H]3[C@@H]2CC[C@]2(C)[C@@H](c4ccc5ccccc5c4)CC[C@@H]32)C1)C(C)(C)C.CN([C@H]1CC[C@@]2(C)[C@@H](CC[C@@H]3[C@@H]2CC[C@]2(C)C(c4ccc5ccccc5c4)=CC[C@@H]32)C1)C(C)(C)C.CN([C@H]1CC[C@@]2(C)[C@@H](CC[C@@H]3[C@@H]2CC[C@]2(C)[C@@H](c4ccc5ccccc5c4)CC[C@@H]32)C1)C(C)(C)C. The molecule has 16 aliphatic rings. The first-order valence-electron chi connectivity index (χ1n) is 58.7. The number of hydrogen-bond donors (Lipinski definition) is 0. The zero-order valence-electron chi connectivity index (χ0n) is 92.9. The molecule has 4 nitrogen and oxygen atoms in total. The lowest BCUT2D eigenvalue weighted by molar-refractivity contribution is -0.120. The molecular weight excluding hydrogens is 1690 g/mol. The predicted molar refractivity (Wildman–Crippen MR) is 600 cm³/mol. The first-order valence-corrected chi connectivity index (χ1v) is 58.7. The largest absolute Gasteiger partial charge is 0.299 e. The molecule has 16 aliphatic carbocycles. The number of allylic oxidation sites excluding steroid dienone is 4. The maximum absolute atomic E-state index is 2.74. The molecule has 0 aliphatic heterocycles. The molecule has 0 saturated heterocycles. The van der Waals surface area contributed by atoms with Crippen molar-refractivity contribution >= 4 is 54.2 Å². The van der Waals surface area contributed by atoms with E-state index in [1.165, 1.54) is 273 Å². The van der Waals surface area contributed by atoms with E-state index < -0.39 is 0 Å². The highest BCUT2D eigenvalue weighted by Crippen LogP contribution is 2.75. The van der Waals surface area contributed by atoms with Gasteiger partial charge in [-0.25, -0.2) is 0 Å². The van der Waals surface area contributed by atoms with Gasteiger partial charge in [-0.2, -0.15) is 0 Å². The van der Waals surface area contributed by atoms with Gasteiger partial charge in [0.05, 0.1) is 0 Å². The summed E-state index contributed by atoms with van der Waals surface area (Å²) in [5, 5.41) is 11.1. The van der Waals surface area contributed by atoms with E-state index in [4.69, 9.17) is 0 Å². The van der Waals surface area contributed by atoms with Crippen LogP contribution >= 0.6 is 0 Å². The van der Waals surface area contributed by atoms with Gasteiger partial charge in [-0.15, -0.1) is 0 Å². The van der Waals surface area contributed by atoms with Gasteiger partial charge in [-0.3, -0.25) is 19.6 Å². The Morgan fingerprint density at radius 1 is 0.229 bits per heavy atom. The van der Waals surface area contributed by atoms with Crippen molar-refractivity contribution in [2.24, 2.45) is 138 Å². The highest BCUT2D eigenvalue weighted by Gasteiger charge is 2.66. The summed E-state index contributed by atoms with van der Waals surface area (Å²) in [6, 6.07) is 67.8. The van der Waals surface area contributed by atoms with Crippen molar-refractivity contribution in [1.29, 1.82) is 0 Å². The van der Waals surface area contributed by atoms with E-state index >= 15 is 0 Å². The summed E-state index contributed by atoms with van der Waals surface area (Å²) in [6.45, 7) is 50.3. The molecule has 0 amide bonds. The summed E-state index contributed by atoms with van der Waals surface area (Å²) in [6.07, 6.45) is 54.1. The van der Waals surface area contributed by atoms with Crippen LogP contribution in [0.15, 0.2) is 182 Å². The van der Waals surface area contributed by atoms with Gasteiger partial charge in [0.25, 0.3) is 0 Å². The molecule has 0 aromatic heterocycles. The van der Waals surface area contributed by atoms with E-state index in [1.54, 1.807) is 22.3 Å². The summed E-state index contributed by atoms with van der Waals surface area (Å²) >= 11 is 0. The summed E-state index contributed by atoms with van der Waals surface area (Å²) in [5.74, 6) is 16.4. The molecule has 14 fully saturated rings. The zero-order chi connectivity index (χ0) is 98.3. The fourth-order valence-electron chi connectivity index (χ4n) is 39.2. The third kappa shape index (κ3) is 17.3. The number of fused-ring (bicyclic) bond motifs is 24. The Hall–Kier alpha value is -5.88. The van der Waals surface area contributed by atoms with Crippen molar-refractivity contribution in [3.63, 3.8) is 0 Å². The topological polar surface area (TPSA) is 13.0 Å². The molecule has 0 radical (unpaired) electrons. The standard InChI is InChI=1S/2C34H49N.2C34H47N/c4*1-32(2,3)35(6)27-17-19-33(4)26(22-27)13-14-28-30-16-15-29(34(30,5)20-18-31(28)33)25-12-11-23-9-7-8-10-24(23)21-25/h2*7-12,21,26-31H,13-20,22H2,1-6H3;2*7-12,15,21,26-28,30-31H,13-14,16-20,22H2,1-6H3/t26-,27+,28-,29+,30-,31-,33-,34+;26-,27-,28-,29+,30-,31-,33-,34+;26-,27+,28-,30-,31-,33-,34+;26-,27-,28-,30-,31-,33-,34+/m0000/s1. The van der Waals surface area contributed by atoms with E-state index in [1.807, 2.05) is 0 Å².